The van der Waals surface area contributed by atoms with Gasteiger partial charge in [-0.05, 0) is 24.1 Å². The maximum Gasteiger partial charge on any atom is 0.329 e. The lowest BCUT2D eigenvalue weighted by Gasteiger charge is -2.21. The fourth-order valence-electron chi connectivity index (χ4n) is 2.18. The number of nitrogen functional groups attached to an aromatic ring is 1. The zero-order chi connectivity index (χ0) is 14.2. The number of halogens is 1. The van der Waals surface area contributed by atoms with Crippen molar-refractivity contribution in [1.82, 2.24) is 9.55 Å². The molecule has 0 radical (unpaired) electrons. The van der Waals surface area contributed by atoms with E-state index in [2.05, 4.69) is 4.98 Å². The molecule has 0 saturated carbocycles. The first-order chi connectivity index (χ1) is 8.95. The predicted octanol–water partition coefficient (Wildman–Crippen LogP) is 2.64. The Morgan fingerprint density at radius 2 is 2.16 bits per heavy atom. The summed E-state index contributed by atoms with van der Waals surface area (Å²) in [5, 5.41) is 0.580. The molecule has 1 atom stereocenters. The van der Waals surface area contributed by atoms with Crippen molar-refractivity contribution >= 4 is 34.6 Å². The molecule has 0 bridgehead atoms. The third-order valence-electron chi connectivity index (χ3n) is 3.03. The minimum atomic E-state index is -0.504. The molecule has 1 aromatic carbocycles. The van der Waals surface area contributed by atoms with Crippen LogP contribution in [0.15, 0.2) is 18.2 Å². The number of hydrogen-bond donors (Lipinski definition) is 1. The molecule has 2 rings (SSSR count). The fourth-order valence-corrected chi connectivity index (χ4v) is 2.35. The molecule has 0 aliphatic carbocycles. The molecular formula is C13H16ClN3O2. The lowest BCUT2D eigenvalue weighted by atomic mass is 10.0. The number of nitrogens with two attached hydrogens (primary N) is 1. The van der Waals surface area contributed by atoms with E-state index in [4.69, 9.17) is 22.1 Å². The first-order valence-electron chi connectivity index (χ1n) is 5.96. The molecule has 0 spiro atoms. The standard InChI is InChI=1S/C13H16ClN3O2/c1-7(2)11(12(18)19-3)17-10-5-4-8(14)6-9(10)16-13(17)15/h4-7,11H,1-3H3,(H2,15,16). The quantitative estimate of drug-likeness (QED) is 0.878. The van der Waals surface area contributed by atoms with Crippen LogP contribution < -0.4 is 5.73 Å². The van der Waals surface area contributed by atoms with Crippen LogP contribution in [0.3, 0.4) is 0 Å². The van der Waals surface area contributed by atoms with E-state index in [1.165, 1.54) is 7.11 Å². The molecule has 0 fully saturated rings. The van der Waals surface area contributed by atoms with Gasteiger partial charge in [-0.15, -0.1) is 0 Å². The Hall–Kier alpha value is -1.75. The largest absolute Gasteiger partial charge is 0.467 e. The van der Waals surface area contributed by atoms with Crippen molar-refractivity contribution in [3.05, 3.63) is 23.2 Å². The molecule has 5 nitrogen and oxygen atoms in total. The van der Waals surface area contributed by atoms with Gasteiger partial charge in [0.25, 0.3) is 0 Å². The first-order valence-corrected chi connectivity index (χ1v) is 6.34. The lowest BCUT2D eigenvalue weighted by Crippen LogP contribution is -2.26. The second-order valence-electron chi connectivity index (χ2n) is 4.69. The molecule has 0 amide bonds. The third-order valence-corrected chi connectivity index (χ3v) is 3.27. The Labute approximate surface area is 116 Å². The summed E-state index contributed by atoms with van der Waals surface area (Å²) < 4.78 is 6.55. The number of hydrogen-bond acceptors (Lipinski definition) is 4. The van der Waals surface area contributed by atoms with E-state index in [-0.39, 0.29) is 17.8 Å². The maximum atomic E-state index is 12.0. The zero-order valence-electron chi connectivity index (χ0n) is 11.1. The van der Waals surface area contributed by atoms with Crippen molar-refractivity contribution in [2.24, 2.45) is 5.92 Å². The highest BCUT2D eigenvalue weighted by Crippen LogP contribution is 2.29. The second-order valence-corrected chi connectivity index (χ2v) is 5.12. The van der Waals surface area contributed by atoms with Crippen LogP contribution >= 0.6 is 11.6 Å². The first kappa shape index (κ1) is 13.7. The van der Waals surface area contributed by atoms with Gasteiger partial charge in [-0.2, -0.15) is 0 Å². The number of rotatable bonds is 3. The summed E-state index contributed by atoms with van der Waals surface area (Å²) in [6.07, 6.45) is 0. The SMILES string of the molecule is COC(=O)C(C(C)C)n1c(N)nc2cc(Cl)ccc21. The van der Waals surface area contributed by atoms with Gasteiger partial charge < -0.3 is 10.5 Å². The third kappa shape index (κ3) is 2.38. The summed E-state index contributed by atoms with van der Waals surface area (Å²) in [5.74, 6) is -0.0276. The highest BCUT2D eigenvalue weighted by atomic mass is 35.5. The molecule has 19 heavy (non-hydrogen) atoms. The molecule has 2 aromatic rings. The van der Waals surface area contributed by atoms with Crippen LogP contribution in [0.5, 0.6) is 0 Å². The van der Waals surface area contributed by atoms with E-state index < -0.39 is 6.04 Å². The van der Waals surface area contributed by atoms with Gasteiger partial charge in [-0.3, -0.25) is 4.57 Å². The highest BCUT2D eigenvalue weighted by molar-refractivity contribution is 6.31. The molecule has 0 aliphatic heterocycles. The van der Waals surface area contributed by atoms with Gasteiger partial charge in [-0.1, -0.05) is 25.4 Å². The van der Waals surface area contributed by atoms with Gasteiger partial charge in [0.05, 0.1) is 18.1 Å². The van der Waals surface area contributed by atoms with E-state index in [1.807, 2.05) is 13.8 Å². The number of methoxy groups -OCH3 is 1. The summed E-state index contributed by atoms with van der Waals surface area (Å²) in [5.41, 5.74) is 7.37. The molecule has 0 aliphatic rings. The molecule has 1 unspecified atom stereocenters. The van der Waals surface area contributed by atoms with Crippen molar-refractivity contribution in [2.75, 3.05) is 12.8 Å². The summed E-state index contributed by atoms with van der Waals surface area (Å²) in [6, 6.07) is 4.77. The topological polar surface area (TPSA) is 70.1 Å². The summed E-state index contributed by atoms with van der Waals surface area (Å²) in [7, 11) is 1.36. The Morgan fingerprint density at radius 3 is 2.74 bits per heavy atom. The lowest BCUT2D eigenvalue weighted by molar-refractivity contribution is -0.145. The van der Waals surface area contributed by atoms with Gasteiger partial charge in [0.2, 0.25) is 5.95 Å². The molecule has 2 N–H and O–H groups in total. The normalized spacial score (nSPS) is 12.9. The number of anilines is 1. The Bertz CT molecular complexity index is 622. The Balaban J connectivity index is 2.65. The molecule has 1 aromatic heterocycles. The van der Waals surface area contributed by atoms with E-state index in [0.29, 0.717) is 10.5 Å². The van der Waals surface area contributed by atoms with Gasteiger partial charge in [0.1, 0.15) is 6.04 Å². The number of aromatic nitrogens is 2. The molecule has 0 saturated heterocycles. The predicted molar refractivity (Wildman–Crippen MR) is 75.0 cm³/mol. The number of benzene rings is 1. The summed E-state index contributed by atoms with van der Waals surface area (Å²) in [6.45, 7) is 3.87. The van der Waals surface area contributed by atoms with Gasteiger partial charge in [-0.25, -0.2) is 9.78 Å². The monoisotopic (exact) mass is 281 g/mol. The van der Waals surface area contributed by atoms with Gasteiger partial charge in [0.15, 0.2) is 0 Å². The average molecular weight is 282 g/mol. The summed E-state index contributed by atoms with van der Waals surface area (Å²) in [4.78, 5) is 16.2. The van der Waals surface area contributed by atoms with Crippen molar-refractivity contribution in [1.29, 1.82) is 0 Å². The van der Waals surface area contributed by atoms with E-state index in [0.717, 1.165) is 5.52 Å². The zero-order valence-corrected chi connectivity index (χ0v) is 11.8. The van der Waals surface area contributed by atoms with Gasteiger partial charge >= 0.3 is 5.97 Å². The Kier molecular flexibility index (Phi) is 3.66. The van der Waals surface area contributed by atoms with Crippen molar-refractivity contribution in [2.45, 2.75) is 19.9 Å². The maximum absolute atomic E-state index is 12.0. The van der Waals surface area contributed by atoms with Crippen LogP contribution in [0.4, 0.5) is 5.95 Å². The van der Waals surface area contributed by atoms with Crippen molar-refractivity contribution < 1.29 is 9.53 Å². The number of nitrogens with zero attached hydrogens (tertiary/aromatic N) is 2. The van der Waals surface area contributed by atoms with Crippen molar-refractivity contribution in [3.63, 3.8) is 0 Å². The second kappa shape index (κ2) is 5.09. The van der Waals surface area contributed by atoms with Crippen LogP contribution in [0.1, 0.15) is 19.9 Å². The van der Waals surface area contributed by atoms with Crippen molar-refractivity contribution in [3.8, 4) is 0 Å². The number of carbonyl (C=O) groups excluding carboxylic acids is 1. The summed E-state index contributed by atoms with van der Waals surface area (Å²) >= 11 is 5.93. The molecule has 6 heteroatoms. The number of ether oxygens (including phenoxy) is 1. The average Bonchev–Trinajstić information content (AvgIpc) is 2.65. The van der Waals surface area contributed by atoms with Crippen LogP contribution in [0.2, 0.25) is 5.02 Å². The van der Waals surface area contributed by atoms with E-state index in [9.17, 15) is 4.79 Å². The van der Waals surface area contributed by atoms with Crippen LogP contribution in [0.25, 0.3) is 11.0 Å². The highest BCUT2D eigenvalue weighted by Gasteiger charge is 2.28. The minimum Gasteiger partial charge on any atom is -0.467 e. The number of carbonyl (C=O) groups is 1. The smallest absolute Gasteiger partial charge is 0.329 e. The number of fused-ring (bicyclic) bond motifs is 1. The van der Waals surface area contributed by atoms with Crippen LogP contribution in [-0.4, -0.2) is 22.6 Å². The number of esters is 1. The minimum absolute atomic E-state index is 0.0304. The molecular weight excluding hydrogens is 266 g/mol. The molecule has 1 heterocycles. The van der Waals surface area contributed by atoms with Crippen LogP contribution in [0, 0.1) is 5.92 Å². The van der Waals surface area contributed by atoms with E-state index >= 15 is 0 Å². The number of imidazole rings is 1. The van der Waals surface area contributed by atoms with E-state index in [1.54, 1.807) is 22.8 Å². The van der Waals surface area contributed by atoms with Crippen LogP contribution in [-0.2, 0) is 9.53 Å². The van der Waals surface area contributed by atoms with Gasteiger partial charge in [0, 0.05) is 5.02 Å². The molecule has 102 valence electrons. The fraction of sp³-hybridized carbons (Fsp3) is 0.385. The Morgan fingerprint density at radius 1 is 1.47 bits per heavy atom.